The van der Waals surface area contributed by atoms with Gasteiger partial charge in [0.15, 0.2) is 9.84 Å². The number of hydrogen-bond donors (Lipinski definition) is 0. The van der Waals surface area contributed by atoms with E-state index in [0.29, 0.717) is 5.75 Å². The van der Waals surface area contributed by atoms with Gasteiger partial charge in [-0.2, -0.15) is 0 Å². The minimum atomic E-state index is -3.46. The molecular weight excluding hydrogens is 308 g/mol. The Morgan fingerprint density at radius 2 is 1.95 bits per heavy atom. The Balaban J connectivity index is 1.69. The number of benzene rings is 1. The van der Waals surface area contributed by atoms with Crippen molar-refractivity contribution >= 4 is 15.7 Å². The SMILES string of the molecule is COc1ccc(S(=O)(=O)C2CN(C(=O)c3ccno3)C2)cc1. The number of ether oxygens (including phenoxy) is 1. The highest BCUT2D eigenvalue weighted by atomic mass is 32.2. The number of methoxy groups -OCH3 is 1. The second-order valence-electron chi connectivity index (χ2n) is 4.93. The van der Waals surface area contributed by atoms with E-state index in [-0.39, 0.29) is 29.7 Å². The van der Waals surface area contributed by atoms with Crippen LogP contribution in [-0.2, 0) is 9.84 Å². The molecule has 0 atom stereocenters. The average molecular weight is 322 g/mol. The molecule has 8 heteroatoms. The highest BCUT2D eigenvalue weighted by Gasteiger charge is 2.41. The van der Waals surface area contributed by atoms with E-state index in [1.165, 1.54) is 36.4 Å². The van der Waals surface area contributed by atoms with Gasteiger partial charge in [-0.1, -0.05) is 5.16 Å². The molecule has 1 aromatic carbocycles. The summed E-state index contributed by atoms with van der Waals surface area (Å²) in [5.41, 5.74) is 0. The second kappa shape index (κ2) is 5.45. The van der Waals surface area contributed by atoms with E-state index in [4.69, 9.17) is 9.26 Å². The quantitative estimate of drug-likeness (QED) is 0.833. The number of aromatic nitrogens is 1. The molecule has 0 radical (unpaired) electrons. The molecule has 0 bridgehead atoms. The first-order chi connectivity index (χ1) is 10.5. The van der Waals surface area contributed by atoms with Gasteiger partial charge in [-0.15, -0.1) is 0 Å². The molecule has 2 aromatic rings. The fourth-order valence-corrected chi connectivity index (χ4v) is 3.89. The van der Waals surface area contributed by atoms with E-state index < -0.39 is 15.1 Å². The number of sulfone groups is 1. The normalized spacial score (nSPS) is 15.4. The first-order valence-corrected chi connectivity index (χ1v) is 8.15. The van der Waals surface area contributed by atoms with Crippen LogP contribution in [0.4, 0.5) is 0 Å². The highest BCUT2D eigenvalue weighted by Crippen LogP contribution is 2.26. The number of carbonyl (C=O) groups is 1. The van der Waals surface area contributed by atoms with E-state index in [9.17, 15) is 13.2 Å². The van der Waals surface area contributed by atoms with Crippen molar-refractivity contribution in [2.75, 3.05) is 20.2 Å². The third kappa shape index (κ3) is 2.45. The van der Waals surface area contributed by atoms with Crippen molar-refractivity contribution < 1.29 is 22.5 Å². The summed E-state index contributed by atoms with van der Waals surface area (Å²) in [6.45, 7) is 0.293. The number of nitrogens with zero attached hydrogens (tertiary/aromatic N) is 2. The third-order valence-corrected chi connectivity index (χ3v) is 5.72. The van der Waals surface area contributed by atoms with Crippen LogP contribution < -0.4 is 4.74 Å². The monoisotopic (exact) mass is 322 g/mol. The Morgan fingerprint density at radius 1 is 1.27 bits per heavy atom. The van der Waals surface area contributed by atoms with Gasteiger partial charge in [0.1, 0.15) is 11.0 Å². The molecule has 116 valence electrons. The standard InChI is InChI=1S/C14H14N2O5S/c1-20-10-2-4-11(5-3-10)22(18,19)12-8-16(9-12)14(17)13-6-7-15-21-13/h2-7,12H,8-9H2,1H3. The minimum absolute atomic E-state index is 0.111. The van der Waals surface area contributed by atoms with Crippen molar-refractivity contribution in [2.24, 2.45) is 0 Å². The summed E-state index contributed by atoms with van der Waals surface area (Å²) >= 11 is 0. The smallest absolute Gasteiger partial charge is 0.292 e. The van der Waals surface area contributed by atoms with Gasteiger partial charge in [0, 0.05) is 19.2 Å². The lowest BCUT2D eigenvalue weighted by Crippen LogP contribution is -2.56. The molecule has 0 N–H and O–H groups in total. The van der Waals surface area contributed by atoms with Gasteiger partial charge in [-0.3, -0.25) is 4.79 Å². The Hall–Kier alpha value is -2.35. The highest BCUT2D eigenvalue weighted by molar-refractivity contribution is 7.92. The Labute approximate surface area is 127 Å². The zero-order valence-corrected chi connectivity index (χ0v) is 12.6. The molecule has 2 heterocycles. The van der Waals surface area contributed by atoms with Gasteiger partial charge in [0.2, 0.25) is 5.76 Å². The zero-order chi connectivity index (χ0) is 15.7. The molecule has 1 amide bonds. The van der Waals surface area contributed by atoms with Gasteiger partial charge in [-0.25, -0.2) is 8.42 Å². The van der Waals surface area contributed by atoms with E-state index >= 15 is 0 Å². The van der Waals surface area contributed by atoms with Crippen LogP contribution in [0.25, 0.3) is 0 Å². The van der Waals surface area contributed by atoms with Crippen molar-refractivity contribution in [3.8, 4) is 5.75 Å². The number of hydrogen-bond acceptors (Lipinski definition) is 6. The van der Waals surface area contributed by atoms with Crippen LogP contribution in [0.5, 0.6) is 5.75 Å². The summed E-state index contributed by atoms with van der Waals surface area (Å²) in [5, 5.41) is 2.86. The largest absolute Gasteiger partial charge is 0.497 e. The Kier molecular flexibility index (Phi) is 3.61. The van der Waals surface area contributed by atoms with Gasteiger partial charge in [-0.05, 0) is 24.3 Å². The fourth-order valence-electron chi connectivity index (χ4n) is 2.24. The first-order valence-electron chi connectivity index (χ1n) is 6.60. The third-order valence-electron chi connectivity index (χ3n) is 3.61. The van der Waals surface area contributed by atoms with Crippen LogP contribution >= 0.6 is 0 Å². The van der Waals surface area contributed by atoms with Crippen molar-refractivity contribution in [1.29, 1.82) is 0 Å². The summed E-state index contributed by atoms with van der Waals surface area (Å²) in [4.78, 5) is 13.6. The zero-order valence-electron chi connectivity index (χ0n) is 11.8. The molecule has 0 spiro atoms. The lowest BCUT2D eigenvalue weighted by Gasteiger charge is -2.37. The summed E-state index contributed by atoms with van der Waals surface area (Å²) < 4.78 is 34.7. The molecule has 1 saturated heterocycles. The summed E-state index contributed by atoms with van der Waals surface area (Å²) in [5.74, 6) is 0.355. The molecule has 1 aliphatic heterocycles. The predicted octanol–water partition coefficient (Wildman–Crippen LogP) is 0.981. The van der Waals surface area contributed by atoms with Crippen molar-refractivity contribution in [1.82, 2.24) is 10.1 Å². The molecule has 0 aliphatic carbocycles. The van der Waals surface area contributed by atoms with Crippen molar-refractivity contribution in [2.45, 2.75) is 10.1 Å². The summed E-state index contributed by atoms with van der Waals surface area (Å²) in [6, 6.07) is 7.67. The second-order valence-corrected chi connectivity index (χ2v) is 7.16. The molecule has 22 heavy (non-hydrogen) atoms. The van der Waals surface area contributed by atoms with Crippen LogP contribution in [0, 0.1) is 0 Å². The Bertz CT molecular complexity index is 762. The van der Waals surface area contributed by atoms with E-state index in [1.54, 1.807) is 12.1 Å². The van der Waals surface area contributed by atoms with Gasteiger partial charge in [0.25, 0.3) is 5.91 Å². The molecule has 0 unspecified atom stereocenters. The van der Waals surface area contributed by atoms with Crippen LogP contribution in [0.2, 0.25) is 0 Å². The maximum atomic E-state index is 12.5. The van der Waals surface area contributed by atoms with Crippen molar-refractivity contribution in [3.63, 3.8) is 0 Å². The number of amides is 1. The van der Waals surface area contributed by atoms with Crippen molar-refractivity contribution in [3.05, 3.63) is 42.3 Å². The molecule has 1 aliphatic rings. The molecule has 3 rings (SSSR count). The van der Waals surface area contributed by atoms with Gasteiger partial charge < -0.3 is 14.2 Å². The molecule has 1 aromatic heterocycles. The van der Waals surface area contributed by atoms with Gasteiger partial charge in [0.05, 0.1) is 18.2 Å². The summed E-state index contributed by atoms with van der Waals surface area (Å²) in [6.07, 6.45) is 1.37. The summed E-state index contributed by atoms with van der Waals surface area (Å²) in [7, 11) is -1.94. The predicted molar refractivity (Wildman–Crippen MR) is 76.4 cm³/mol. The topological polar surface area (TPSA) is 89.7 Å². The van der Waals surface area contributed by atoms with E-state index in [0.717, 1.165) is 0 Å². The van der Waals surface area contributed by atoms with E-state index in [1.807, 2.05) is 0 Å². The lowest BCUT2D eigenvalue weighted by molar-refractivity contribution is 0.0616. The van der Waals surface area contributed by atoms with E-state index in [2.05, 4.69) is 5.16 Å². The average Bonchev–Trinajstić information content (AvgIpc) is 2.99. The minimum Gasteiger partial charge on any atom is -0.497 e. The fraction of sp³-hybridized carbons (Fsp3) is 0.286. The molecule has 1 fully saturated rings. The Morgan fingerprint density at radius 3 is 2.50 bits per heavy atom. The van der Waals surface area contributed by atoms with Crippen LogP contribution in [0.15, 0.2) is 45.9 Å². The number of rotatable bonds is 4. The number of likely N-dealkylation sites (tertiary alicyclic amines) is 1. The molecule has 7 nitrogen and oxygen atoms in total. The first kappa shape index (κ1) is 14.6. The van der Waals surface area contributed by atoms with Crippen LogP contribution in [0.3, 0.4) is 0 Å². The number of carbonyl (C=O) groups excluding carboxylic acids is 1. The van der Waals surface area contributed by atoms with Crippen LogP contribution in [-0.4, -0.2) is 49.8 Å². The van der Waals surface area contributed by atoms with Gasteiger partial charge >= 0.3 is 0 Å². The molecule has 0 saturated carbocycles. The lowest BCUT2D eigenvalue weighted by atomic mass is 10.2. The maximum absolute atomic E-state index is 12.5. The van der Waals surface area contributed by atoms with Crippen LogP contribution in [0.1, 0.15) is 10.6 Å². The molecular formula is C14H14N2O5S. The maximum Gasteiger partial charge on any atom is 0.292 e.